The number of aryl methyl sites for hydroxylation is 2. The normalized spacial score (nSPS) is 12.4. The van der Waals surface area contributed by atoms with Crippen molar-refractivity contribution in [2.75, 3.05) is 4.90 Å². The second-order valence-electron chi connectivity index (χ2n) is 10.7. The smallest absolute Gasteiger partial charge is 0.338 e. The summed E-state index contributed by atoms with van der Waals surface area (Å²) in [6.45, 7) is 14.1. The van der Waals surface area contributed by atoms with Crippen molar-refractivity contribution in [3.05, 3.63) is 131 Å². The van der Waals surface area contributed by atoms with E-state index in [9.17, 15) is 4.79 Å². The van der Waals surface area contributed by atoms with Crippen molar-refractivity contribution in [2.45, 2.75) is 59.3 Å². The van der Waals surface area contributed by atoms with Crippen LogP contribution in [0.2, 0.25) is 0 Å². The van der Waals surface area contributed by atoms with Crippen LogP contribution in [0.25, 0.3) is 0 Å². The van der Waals surface area contributed by atoms with Crippen molar-refractivity contribution >= 4 is 23.0 Å². The Morgan fingerprint density at radius 2 is 1.15 bits per heavy atom. The molecule has 39 heavy (non-hydrogen) atoms. The molecular weight excluding hydrogens is 478 g/mol. The van der Waals surface area contributed by atoms with E-state index in [4.69, 9.17) is 4.74 Å². The molecule has 4 rings (SSSR count). The van der Waals surface area contributed by atoms with Gasteiger partial charge in [0.1, 0.15) is 5.75 Å². The van der Waals surface area contributed by atoms with Crippen LogP contribution in [0.1, 0.15) is 62.3 Å². The number of rotatable bonds is 10. The molecule has 0 fully saturated rings. The first kappa shape index (κ1) is 27.9. The summed E-state index contributed by atoms with van der Waals surface area (Å²) in [5, 5.41) is 0. The average molecular weight is 518 g/mol. The van der Waals surface area contributed by atoms with Gasteiger partial charge in [0, 0.05) is 28.1 Å². The van der Waals surface area contributed by atoms with Crippen LogP contribution in [0, 0.1) is 13.8 Å². The molecule has 4 aromatic carbocycles. The van der Waals surface area contributed by atoms with Crippen molar-refractivity contribution in [1.29, 1.82) is 0 Å². The number of benzene rings is 4. The van der Waals surface area contributed by atoms with Gasteiger partial charge in [-0.25, -0.2) is 4.79 Å². The molecule has 0 N–H and O–H groups in total. The van der Waals surface area contributed by atoms with Gasteiger partial charge in [0.05, 0.1) is 0 Å². The Kier molecular flexibility index (Phi) is 8.71. The molecule has 1 atom stereocenters. The third-order valence-electron chi connectivity index (χ3n) is 7.43. The Morgan fingerprint density at radius 1 is 0.744 bits per heavy atom. The van der Waals surface area contributed by atoms with E-state index in [0.29, 0.717) is 11.3 Å². The van der Waals surface area contributed by atoms with Gasteiger partial charge in [-0.05, 0) is 86.8 Å². The van der Waals surface area contributed by atoms with Crippen molar-refractivity contribution < 1.29 is 9.53 Å². The molecule has 0 aliphatic heterocycles. The van der Waals surface area contributed by atoms with Gasteiger partial charge < -0.3 is 9.64 Å². The predicted molar refractivity (Wildman–Crippen MR) is 163 cm³/mol. The number of unbranched alkanes of at least 4 members (excludes halogenated alkanes) is 1. The van der Waals surface area contributed by atoms with Crippen molar-refractivity contribution in [3.63, 3.8) is 0 Å². The van der Waals surface area contributed by atoms with Gasteiger partial charge in [-0.15, -0.1) is 0 Å². The summed E-state index contributed by atoms with van der Waals surface area (Å²) in [6, 6.07) is 34.2. The van der Waals surface area contributed by atoms with Crippen LogP contribution in [0.5, 0.6) is 5.75 Å². The number of nitrogens with zero attached hydrogens (tertiary/aromatic N) is 1. The predicted octanol–water partition coefficient (Wildman–Crippen LogP) is 9.75. The second-order valence-corrected chi connectivity index (χ2v) is 10.7. The summed E-state index contributed by atoms with van der Waals surface area (Å²) in [5.41, 5.74) is 8.53. The lowest BCUT2D eigenvalue weighted by Crippen LogP contribution is -2.24. The van der Waals surface area contributed by atoms with E-state index in [0.717, 1.165) is 36.3 Å². The first-order valence-corrected chi connectivity index (χ1v) is 13.7. The molecule has 0 heterocycles. The number of anilines is 3. The molecule has 0 aliphatic rings. The van der Waals surface area contributed by atoms with Crippen LogP contribution in [0.4, 0.5) is 17.1 Å². The standard InChI is InChI=1S/C36H39NO2/c1-7-8-25-36(6,30-15-23-34(24-16-30)39-35(38)26(2)3)29-13-21-33(22-14-29)37(31-17-9-27(4)10-18-31)32-19-11-28(5)12-20-32/h9-24H,2,7-8,25H2,1,3-6H3. The summed E-state index contributed by atoms with van der Waals surface area (Å²) in [6.07, 6.45) is 3.26. The van der Waals surface area contributed by atoms with Gasteiger partial charge in [0.2, 0.25) is 0 Å². The highest BCUT2D eigenvalue weighted by Gasteiger charge is 2.29. The van der Waals surface area contributed by atoms with Crippen LogP contribution in [0.3, 0.4) is 0 Å². The van der Waals surface area contributed by atoms with Gasteiger partial charge >= 0.3 is 5.97 Å². The van der Waals surface area contributed by atoms with E-state index >= 15 is 0 Å². The van der Waals surface area contributed by atoms with Gasteiger partial charge in [-0.3, -0.25) is 0 Å². The lowest BCUT2D eigenvalue weighted by Gasteiger charge is -2.32. The third kappa shape index (κ3) is 6.49. The van der Waals surface area contributed by atoms with Crippen molar-refractivity contribution in [3.8, 4) is 5.75 Å². The van der Waals surface area contributed by atoms with Gasteiger partial charge in [-0.2, -0.15) is 0 Å². The van der Waals surface area contributed by atoms with Gasteiger partial charge in [-0.1, -0.05) is 92.9 Å². The average Bonchev–Trinajstić information content (AvgIpc) is 2.94. The van der Waals surface area contributed by atoms with Crippen LogP contribution in [-0.2, 0) is 10.2 Å². The summed E-state index contributed by atoms with van der Waals surface area (Å²) < 4.78 is 5.43. The second kappa shape index (κ2) is 12.2. The highest BCUT2D eigenvalue weighted by Crippen LogP contribution is 2.40. The molecule has 200 valence electrons. The third-order valence-corrected chi connectivity index (χ3v) is 7.43. The molecule has 3 heteroatoms. The van der Waals surface area contributed by atoms with E-state index in [1.165, 1.54) is 22.3 Å². The molecule has 1 unspecified atom stereocenters. The minimum atomic E-state index is -0.404. The van der Waals surface area contributed by atoms with Crippen molar-refractivity contribution in [1.82, 2.24) is 0 Å². The first-order chi connectivity index (χ1) is 18.7. The molecule has 4 aromatic rings. The summed E-state index contributed by atoms with van der Waals surface area (Å²) >= 11 is 0. The van der Waals surface area contributed by atoms with Gasteiger partial charge in [0.15, 0.2) is 0 Å². The van der Waals surface area contributed by atoms with E-state index in [1.807, 2.05) is 12.1 Å². The molecule has 0 saturated carbocycles. The Balaban J connectivity index is 1.70. The number of carbonyl (C=O) groups excluding carboxylic acids is 1. The highest BCUT2D eigenvalue weighted by atomic mass is 16.5. The SMILES string of the molecule is C=C(C)C(=O)Oc1ccc(C(C)(CCCC)c2ccc(N(c3ccc(C)cc3)c3ccc(C)cc3)cc2)cc1. The fourth-order valence-corrected chi connectivity index (χ4v) is 4.88. The minimum absolute atomic E-state index is 0.177. The fraction of sp³-hybridized carbons (Fsp3) is 0.250. The molecular formula is C36H39NO2. The Hall–Kier alpha value is -4.11. The molecule has 0 radical (unpaired) electrons. The molecule has 0 spiro atoms. The highest BCUT2D eigenvalue weighted by molar-refractivity contribution is 5.88. The monoisotopic (exact) mass is 517 g/mol. The van der Waals surface area contributed by atoms with E-state index in [1.54, 1.807) is 6.92 Å². The summed E-state index contributed by atoms with van der Waals surface area (Å²) in [5.74, 6) is 0.130. The summed E-state index contributed by atoms with van der Waals surface area (Å²) in [4.78, 5) is 14.3. The maximum Gasteiger partial charge on any atom is 0.338 e. The number of ether oxygens (including phenoxy) is 1. The molecule has 0 aliphatic carbocycles. The molecule has 0 bridgehead atoms. The number of esters is 1. The topological polar surface area (TPSA) is 29.5 Å². The van der Waals surface area contributed by atoms with Crippen LogP contribution < -0.4 is 9.64 Å². The van der Waals surface area contributed by atoms with E-state index in [2.05, 4.69) is 124 Å². The Labute approximate surface area is 233 Å². The van der Waals surface area contributed by atoms with Crippen molar-refractivity contribution in [2.24, 2.45) is 0 Å². The molecule has 0 aromatic heterocycles. The first-order valence-electron chi connectivity index (χ1n) is 13.7. The molecule has 0 amide bonds. The number of hydrogen-bond donors (Lipinski definition) is 0. The quantitative estimate of drug-likeness (QED) is 0.119. The fourth-order valence-electron chi connectivity index (χ4n) is 4.88. The lowest BCUT2D eigenvalue weighted by molar-refractivity contribution is -0.130. The zero-order valence-corrected chi connectivity index (χ0v) is 23.8. The van der Waals surface area contributed by atoms with Crippen LogP contribution in [-0.4, -0.2) is 5.97 Å². The van der Waals surface area contributed by atoms with Crippen LogP contribution in [0.15, 0.2) is 109 Å². The maximum atomic E-state index is 12.0. The molecule has 3 nitrogen and oxygen atoms in total. The summed E-state index contributed by atoms with van der Waals surface area (Å²) in [7, 11) is 0. The number of carbonyl (C=O) groups is 1. The largest absolute Gasteiger partial charge is 0.423 e. The zero-order valence-electron chi connectivity index (χ0n) is 23.8. The number of hydrogen-bond acceptors (Lipinski definition) is 3. The van der Waals surface area contributed by atoms with Gasteiger partial charge in [0.25, 0.3) is 0 Å². The lowest BCUT2D eigenvalue weighted by atomic mass is 9.72. The minimum Gasteiger partial charge on any atom is -0.423 e. The van der Waals surface area contributed by atoms with E-state index in [-0.39, 0.29) is 5.41 Å². The Morgan fingerprint density at radius 3 is 1.56 bits per heavy atom. The molecule has 0 saturated heterocycles. The zero-order chi connectivity index (χ0) is 28.0. The Bertz CT molecular complexity index is 1360. The maximum absolute atomic E-state index is 12.0. The van der Waals surface area contributed by atoms with Crippen LogP contribution >= 0.6 is 0 Å². The van der Waals surface area contributed by atoms with E-state index < -0.39 is 5.97 Å².